The number of aromatic nitrogens is 1. The van der Waals surface area contributed by atoms with Crippen molar-refractivity contribution in [3.63, 3.8) is 0 Å². The molecule has 0 aliphatic heterocycles. The number of benzene rings is 3. The summed E-state index contributed by atoms with van der Waals surface area (Å²) in [6.45, 7) is 4.72. The Bertz CT molecular complexity index is 1210. The second-order valence-electron chi connectivity index (χ2n) is 7.17. The second-order valence-corrected chi connectivity index (χ2v) is 7.61. The zero-order chi connectivity index (χ0) is 21.1. The molecule has 1 heterocycles. The molecule has 4 rings (SSSR count). The molecule has 0 unspecified atom stereocenters. The van der Waals surface area contributed by atoms with Gasteiger partial charge in [0.05, 0.1) is 7.11 Å². The first-order valence-electron chi connectivity index (χ1n) is 9.74. The molecule has 0 spiro atoms. The summed E-state index contributed by atoms with van der Waals surface area (Å²) in [5, 5.41) is 5.16. The highest BCUT2D eigenvalue weighted by Gasteiger charge is 2.10. The minimum Gasteiger partial charge on any atom is -0.494 e. The van der Waals surface area contributed by atoms with Crippen LogP contribution in [-0.4, -0.2) is 12.1 Å². The van der Waals surface area contributed by atoms with Gasteiger partial charge in [-0.3, -0.25) is 4.98 Å². The van der Waals surface area contributed by atoms with E-state index >= 15 is 0 Å². The van der Waals surface area contributed by atoms with Crippen molar-refractivity contribution in [3.8, 4) is 17.2 Å². The van der Waals surface area contributed by atoms with Crippen molar-refractivity contribution in [1.29, 1.82) is 0 Å². The maximum atomic E-state index is 6.27. The molecule has 4 aromatic rings. The first-order chi connectivity index (χ1) is 14.5. The summed E-state index contributed by atoms with van der Waals surface area (Å²) in [5.41, 5.74) is 5.19. The minimum atomic E-state index is 0.553. The van der Waals surface area contributed by atoms with Gasteiger partial charge in [-0.2, -0.15) is 0 Å². The lowest BCUT2D eigenvalue weighted by Gasteiger charge is -2.15. The summed E-state index contributed by atoms with van der Waals surface area (Å²) in [6, 6.07) is 19.6. The number of para-hydroxylation sites is 1. The number of hydrogen-bond donors (Lipinski definition) is 1. The number of rotatable bonds is 6. The Hall–Kier alpha value is -3.24. The highest BCUT2D eigenvalue weighted by molar-refractivity contribution is 6.30. The van der Waals surface area contributed by atoms with Crippen LogP contribution in [0.15, 0.2) is 66.9 Å². The Kier molecular flexibility index (Phi) is 5.77. The number of nitrogens with zero attached hydrogens (tertiary/aromatic N) is 1. The normalized spacial score (nSPS) is 10.8. The summed E-state index contributed by atoms with van der Waals surface area (Å²) >= 11 is 6.27. The average molecular weight is 419 g/mol. The molecule has 0 bridgehead atoms. The van der Waals surface area contributed by atoms with Gasteiger partial charge in [0.1, 0.15) is 22.8 Å². The fraction of sp³-hybridized carbons (Fsp3) is 0.160. The molecule has 0 amide bonds. The van der Waals surface area contributed by atoms with Crippen LogP contribution in [0.1, 0.15) is 16.7 Å². The number of pyridine rings is 1. The van der Waals surface area contributed by atoms with E-state index in [-0.39, 0.29) is 0 Å². The third-order valence-corrected chi connectivity index (χ3v) is 5.39. The molecule has 152 valence electrons. The maximum Gasteiger partial charge on any atom is 0.145 e. The number of halogens is 1. The van der Waals surface area contributed by atoms with Crippen molar-refractivity contribution in [2.45, 2.75) is 20.4 Å². The van der Waals surface area contributed by atoms with Gasteiger partial charge < -0.3 is 14.8 Å². The van der Waals surface area contributed by atoms with Crippen LogP contribution in [0.3, 0.4) is 0 Å². The first kappa shape index (κ1) is 20.0. The van der Waals surface area contributed by atoms with Gasteiger partial charge in [0, 0.05) is 34.4 Å². The van der Waals surface area contributed by atoms with Crippen LogP contribution >= 0.6 is 11.6 Å². The quantitative estimate of drug-likeness (QED) is 0.369. The largest absolute Gasteiger partial charge is 0.494 e. The number of methoxy groups -OCH3 is 1. The molecule has 30 heavy (non-hydrogen) atoms. The Morgan fingerprint density at radius 2 is 1.80 bits per heavy atom. The van der Waals surface area contributed by atoms with Crippen molar-refractivity contribution >= 4 is 28.2 Å². The van der Waals surface area contributed by atoms with E-state index in [4.69, 9.17) is 21.1 Å². The SMILES string of the molecule is COc1cccc2c(NCc3cc(Cl)ccc3Oc3ccc(C)c(C)c3)ccnc12. The zero-order valence-corrected chi connectivity index (χ0v) is 18.0. The molecular formula is C25H23ClN2O2. The minimum absolute atomic E-state index is 0.553. The number of aryl methyl sites for hydroxylation is 2. The molecular weight excluding hydrogens is 396 g/mol. The molecule has 1 N–H and O–H groups in total. The van der Waals surface area contributed by atoms with E-state index in [1.165, 1.54) is 11.1 Å². The van der Waals surface area contributed by atoms with Crippen LogP contribution in [0, 0.1) is 13.8 Å². The summed E-state index contributed by atoms with van der Waals surface area (Å²) in [6.07, 6.45) is 1.78. The predicted molar refractivity (Wildman–Crippen MR) is 123 cm³/mol. The lowest BCUT2D eigenvalue weighted by atomic mass is 10.1. The van der Waals surface area contributed by atoms with Crippen molar-refractivity contribution in [2.24, 2.45) is 0 Å². The van der Waals surface area contributed by atoms with Gasteiger partial charge in [-0.15, -0.1) is 0 Å². The van der Waals surface area contributed by atoms with Gasteiger partial charge in [-0.1, -0.05) is 29.8 Å². The molecule has 4 nitrogen and oxygen atoms in total. The number of fused-ring (bicyclic) bond motifs is 1. The van der Waals surface area contributed by atoms with Crippen LogP contribution in [0.5, 0.6) is 17.2 Å². The Morgan fingerprint density at radius 3 is 2.60 bits per heavy atom. The van der Waals surface area contributed by atoms with Crippen LogP contribution < -0.4 is 14.8 Å². The number of anilines is 1. The average Bonchev–Trinajstić information content (AvgIpc) is 2.76. The Labute approximate surface area is 181 Å². The van der Waals surface area contributed by atoms with Crippen LogP contribution in [0.2, 0.25) is 5.02 Å². The van der Waals surface area contributed by atoms with Crippen LogP contribution in [-0.2, 0) is 6.54 Å². The fourth-order valence-corrected chi connectivity index (χ4v) is 3.54. The smallest absolute Gasteiger partial charge is 0.145 e. The van der Waals surface area contributed by atoms with E-state index in [9.17, 15) is 0 Å². The summed E-state index contributed by atoms with van der Waals surface area (Å²) in [7, 11) is 1.65. The van der Waals surface area contributed by atoms with E-state index in [0.717, 1.165) is 39.4 Å². The maximum absolute atomic E-state index is 6.27. The first-order valence-corrected chi connectivity index (χ1v) is 10.1. The number of ether oxygens (including phenoxy) is 2. The van der Waals surface area contributed by atoms with Crippen LogP contribution in [0.25, 0.3) is 10.9 Å². The second kappa shape index (κ2) is 8.64. The fourth-order valence-electron chi connectivity index (χ4n) is 3.35. The topological polar surface area (TPSA) is 43.4 Å². The van der Waals surface area contributed by atoms with Crippen LogP contribution in [0.4, 0.5) is 5.69 Å². The van der Waals surface area contributed by atoms with Gasteiger partial charge in [0.2, 0.25) is 0 Å². The van der Waals surface area contributed by atoms with Gasteiger partial charge in [-0.25, -0.2) is 0 Å². The van der Waals surface area contributed by atoms with E-state index in [1.54, 1.807) is 13.3 Å². The van der Waals surface area contributed by atoms with E-state index < -0.39 is 0 Å². The lowest BCUT2D eigenvalue weighted by Crippen LogP contribution is -2.03. The standard InChI is InChI=1S/C25H23ClN2O2/c1-16-7-9-20(13-17(16)2)30-23-10-8-19(26)14-18(23)15-28-22-11-12-27-25-21(22)5-4-6-24(25)29-3/h4-14H,15H2,1-3H3,(H,27,28). The molecule has 5 heteroatoms. The molecule has 0 aliphatic rings. The monoisotopic (exact) mass is 418 g/mol. The molecule has 3 aromatic carbocycles. The van der Waals surface area contributed by atoms with Gasteiger partial charge in [0.25, 0.3) is 0 Å². The summed E-state index contributed by atoms with van der Waals surface area (Å²) in [4.78, 5) is 4.46. The van der Waals surface area contributed by atoms with E-state index in [0.29, 0.717) is 11.6 Å². The molecule has 0 radical (unpaired) electrons. The summed E-state index contributed by atoms with van der Waals surface area (Å²) < 4.78 is 11.6. The predicted octanol–water partition coefficient (Wildman–Crippen LogP) is 6.92. The molecule has 0 atom stereocenters. The molecule has 0 saturated carbocycles. The Balaban J connectivity index is 1.62. The molecule has 0 saturated heterocycles. The molecule has 0 aliphatic carbocycles. The van der Waals surface area contributed by atoms with Gasteiger partial charge in [-0.05, 0) is 67.4 Å². The van der Waals surface area contributed by atoms with Gasteiger partial charge in [0.15, 0.2) is 0 Å². The number of nitrogens with one attached hydrogen (secondary N) is 1. The third kappa shape index (κ3) is 4.19. The summed E-state index contributed by atoms with van der Waals surface area (Å²) in [5.74, 6) is 2.32. The highest BCUT2D eigenvalue weighted by atomic mass is 35.5. The van der Waals surface area contributed by atoms with Crippen molar-refractivity contribution in [3.05, 3.63) is 88.6 Å². The Morgan fingerprint density at radius 1 is 0.933 bits per heavy atom. The molecule has 1 aromatic heterocycles. The van der Waals surface area contributed by atoms with Gasteiger partial charge >= 0.3 is 0 Å². The zero-order valence-electron chi connectivity index (χ0n) is 17.2. The van der Waals surface area contributed by atoms with Crippen molar-refractivity contribution < 1.29 is 9.47 Å². The van der Waals surface area contributed by atoms with E-state index in [1.807, 2.05) is 54.6 Å². The van der Waals surface area contributed by atoms with Crippen molar-refractivity contribution in [2.75, 3.05) is 12.4 Å². The highest BCUT2D eigenvalue weighted by Crippen LogP contribution is 2.32. The lowest BCUT2D eigenvalue weighted by molar-refractivity contribution is 0.419. The van der Waals surface area contributed by atoms with Crippen molar-refractivity contribution in [1.82, 2.24) is 4.98 Å². The molecule has 0 fully saturated rings. The number of hydrogen-bond acceptors (Lipinski definition) is 4. The third-order valence-electron chi connectivity index (χ3n) is 5.15. The van der Waals surface area contributed by atoms with E-state index in [2.05, 4.69) is 30.2 Å².